The van der Waals surface area contributed by atoms with Gasteiger partial charge in [0.15, 0.2) is 0 Å². The molecule has 1 aromatic rings. The van der Waals surface area contributed by atoms with E-state index in [1.807, 2.05) is 0 Å². The molecule has 0 saturated heterocycles. The topological polar surface area (TPSA) is 92.5 Å². The summed E-state index contributed by atoms with van der Waals surface area (Å²) < 4.78 is 0. The highest BCUT2D eigenvalue weighted by Crippen LogP contribution is 2.39. The molecule has 0 bridgehead atoms. The summed E-state index contributed by atoms with van der Waals surface area (Å²) in [6, 6.07) is 4.00. The predicted molar refractivity (Wildman–Crippen MR) is 79.7 cm³/mol. The van der Waals surface area contributed by atoms with Crippen LogP contribution in [0.3, 0.4) is 0 Å². The molecule has 0 amide bonds. The van der Waals surface area contributed by atoms with Crippen LogP contribution in [-0.4, -0.2) is 22.0 Å². The van der Waals surface area contributed by atoms with E-state index in [0.29, 0.717) is 18.5 Å². The third-order valence-corrected chi connectivity index (χ3v) is 4.42. The SMILES string of the molecule is CC1(C(=O)O)CCCCC1Nc1ccc(Cl)cc1[N+](=O)[O-]. The number of benzene rings is 1. The Hall–Kier alpha value is -1.82. The number of aliphatic carboxylic acids is 1. The number of anilines is 1. The average Bonchev–Trinajstić information content (AvgIpc) is 2.42. The maximum absolute atomic E-state index is 11.6. The van der Waals surface area contributed by atoms with Gasteiger partial charge in [-0.05, 0) is 31.9 Å². The van der Waals surface area contributed by atoms with Crippen molar-refractivity contribution in [3.05, 3.63) is 33.3 Å². The lowest BCUT2D eigenvalue weighted by molar-refractivity contribution is -0.384. The molecule has 2 N–H and O–H groups in total. The van der Waals surface area contributed by atoms with Crippen LogP contribution in [0.25, 0.3) is 0 Å². The highest BCUT2D eigenvalue weighted by Gasteiger charge is 2.43. The molecule has 21 heavy (non-hydrogen) atoms. The fourth-order valence-electron chi connectivity index (χ4n) is 2.79. The standard InChI is InChI=1S/C14H17ClN2O4/c1-14(13(18)19)7-3-2-4-12(14)16-10-6-5-9(15)8-11(10)17(20)21/h5-6,8,12,16H,2-4,7H2,1H3,(H,18,19). The van der Waals surface area contributed by atoms with Gasteiger partial charge in [-0.3, -0.25) is 14.9 Å². The second-order valence-electron chi connectivity index (χ2n) is 5.58. The summed E-state index contributed by atoms with van der Waals surface area (Å²) >= 11 is 5.78. The van der Waals surface area contributed by atoms with E-state index in [4.69, 9.17) is 11.6 Å². The second kappa shape index (κ2) is 5.89. The van der Waals surface area contributed by atoms with Crippen LogP contribution in [0.15, 0.2) is 18.2 Å². The monoisotopic (exact) mass is 312 g/mol. The number of nitro benzene ring substituents is 1. The summed E-state index contributed by atoms with van der Waals surface area (Å²) in [5.41, 5.74) is -0.754. The molecule has 6 nitrogen and oxygen atoms in total. The van der Waals surface area contributed by atoms with E-state index in [9.17, 15) is 20.0 Å². The van der Waals surface area contributed by atoms with Gasteiger partial charge in [-0.1, -0.05) is 24.4 Å². The largest absolute Gasteiger partial charge is 0.481 e. The second-order valence-corrected chi connectivity index (χ2v) is 6.02. The number of carboxylic acids is 1. The van der Waals surface area contributed by atoms with E-state index >= 15 is 0 Å². The van der Waals surface area contributed by atoms with Crippen LogP contribution in [0.4, 0.5) is 11.4 Å². The third kappa shape index (κ3) is 3.10. The smallest absolute Gasteiger partial charge is 0.311 e. The number of hydrogen-bond acceptors (Lipinski definition) is 4. The minimum atomic E-state index is -0.925. The maximum atomic E-state index is 11.6. The normalized spacial score (nSPS) is 25.3. The summed E-state index contributed by atoms with van der Waals surface area (Å²) in [7, 11) is 0. The number of rotatable bonds is 4. The zero-order chi connectivity index (χ0) is 15.6. The van der Waals surface area contributed by atoms with Crippen LogP contribution in [0.2, 0.25) is 5.02 Å². The highest BCUT2D eigenvalue weighted by molar-refractivity contribution is 6.30. The van der Waals surface area contributed by atoms with Gasteiger partial charge < -0.3 is 10.4 Å². The first-order valence-corrected chi connectivity index (χ1v) is 7.16. The van der Waals surface area contributed by atoms with Gasteiger partial charge in [0, 0.05) is 17.1 Å². The molecule has 1 fully saturated rings. The molecule has 1 aromatic carbocycles. The third-order valence-electron chi connectivity index (χ3n) is 4.18. The molecule has 0 spiro atoms. The minimum Gasteiger partial charge on any atom is -0.481 e. The molecular formula is C14H17ClN2O4. The highest BCUT2D eigenvalue weighted by atomic mass is 35.5. The van der Waals surface area contributed by atoms with E-state index in [0.717, 1.165) is 12.8 Å². The van der Waals surface area contributed by atoms with E-state index < -0.39 is 16.3 Å². The molecular weight excluding hydrogens is 296 g/mol. The van der Waals surface area contributed by atoms with Crippen molar-refractivity contribution in [3.8, 4) is 0 Å². The number of nitrogens with zero attached hydrogens (tertiary/aromatic N) is 1. The van der Waals surface area contributed by atoms with Crippen LogP contribution in [0.1, 0.15) is 32.6 Å². The van der Waals surface area contributed by atoms with Gasteiger partial charge in [0.05, 0.1) is 10.3 Å². The van der Waals surface area contributed by atoms with Crippen molar-refractivity contribution in [3.63, 3.8) is 0 Å². The summed E-state index contributed by atoms with van der Waals surface area (Å²) in [4.78, 5) is 22.1. The van der Waals surface area contributed by atoms with Crippen molar-refractivity contribution in [1.82, 2.24) is 0 Å². The first-order valence-electron chi connectivity index (χ1n) is 6.78. The number of carboxylic acid groups (broad SMARTS) is 1. The minimum absolute atomic E-state index is 0.138. The first-order chi connectivity index (χ1) is 9.84. The Kier molecular flexibility index (Phi) is 4.37. The number of nitrogens with one attached hydrogen (secondary N) is 1. The Balaban J connectivity index is 2.32. The Morgan fingerprint density at radius 3 is 2.86 bits per heavy atom. The van der Waals surface area contributed by atoms with Crippen LogP contribution in [0.5, 0.6) is 0 Å². The van der Waals surface area contributed by atoms with Crippen molar-refractivity contribution in [2.45, 2.75) is 38.6 Å². The summed E-state index contributed by atoms with van der Waals surface area (Å²) in [6.07, 6.45) is 2.98. The molecule has 1 aliphatic carbocycles. The molecule has 2 atom stereocenters. The van der Waals surface area contributed by atoms with E-state index in [2.05, 4.69) is 5.32 Å². The summed E-state index contributed by atoms with van der Waals surface area (Å²) in [5.74, 6) is -0.878. The Labute approximate surface area is 127 Å². The van der Waals surface area contributed by atoms with Crippen molar-refractivity contribution in [1.29, 1.82) is 0 Å². The molecule has 0 aliphatic heterocycles. The number of nitro groups is 1. The number of halogens is 1. The summed E-state index contributed by atoms with van der Waals surface area (Å²) in [5, 5.41) is 23.9. The lowest BCUT2D eigenvalue weighted by Gasteiger charge is -2.38. The number of carbonyl (C=O) groups is 1. The Morgan fingerprint density at radius 1 is 1.52 bits per heavy atom. The zero-order valence-corrected chi connectivity index (χ0v) is 12.4. The van der Waals surface area contributed by atoms with Crippen molar-refractivity contribution in [2.24, 2.45) is 5.41 Å². The van der Waals surface area contributed by atoms with Crippen molar-refractivity contribution >= 4 is 28.9 Å². The molecule has 2 rings (SSSR count). The lowest BCUT2D eigenvalue weighted by atomic mass is 9.71. The van der Waals surface area contributed by atoms with Gasteiger partial charge >= 0.3 is 5.97 Å². The molecule has 1 aliphatic rings. The summed E-state index contributed by atoms with van der Waals surface area (Å²) in [6.45, 7) is 1.69. The van der Waals surface area contributed by atoms with Crippen LogP contribution < -0.4 is 5.32 Å². The Bertz CT molecular complexity index is 578. The fourth-order valence-corrected chi connectivity index (χ4v) is 2.95. The van der Waals surface area contributed by atoms with Gasteiger partial charge in [0.1, 0.15) is 5.69 Å². The number of hydrogen-bond donors (Lipinski definition) is 2. The van der Waals surface area contributed by atoms with E-state index in [1.165, 1.54) is 12.1 Å². The van der Waals surface area contributed by atoms with Gasteiger partial charge in [-0.25, -0.2) is 0 Å². The zero-order valence-electron chi connectivity index (χ0n) is 11.6. The van der Waals surface area contributed by atoms with Crippen molar-refractivity contribution < 1.29 is 14.8 Å². The van der Waals surface area contributed by atoms with Gasteiger partial charge in [0.2, 0.25) is 0 Å². The van der Waals surface area contributed by atoms with Crippen molar-refractivity contribution in [2.75, 3.05) is 5.32 Å². The van der Waals surface area contributed by atoms with Gasteiger partial charge in [-0.2, -0.15) is 0 Å². The molecule has 7 heteroatoms. The van der Waals surface area contributed by atoms with E-state index in [1.54, 1.807) is 13.0 Å². The predicted octanol–water partition coefficient (Wildman–Crippen LogP) is 3.69. The first kappa shape index (κ1) is 15.6. The van der Waals surface area contributed by atoms with Gasteiger partial charge in [0.25, 0.3) is 5.69 Å². The molecule has 0 heterocycles. The molecule has 114 valence electrons. The fraction of sp³-hybridized carbons (Fsp3) is 0.500. The van der Waals surface area contributed by atoms with Crippen LogP contribution in [0, 0.1) is 15.5 Å². The quantitative estimate of drug-likeness (QED) is 0.653. The lowest BCUT2D eigenvalue weighted by Crippen LogP contribution is -2.46. The maximum Gasteiger partial charge on any atom is 0.311 e. The van der Waals surface area contributed by atoms with E-state index in [-0.39, 0.29) is 16.8 Å². The Morgan fingerprint density at radius 2 is 2.24 bits per heavy atom. The molecule has 2 unspecified atom stereocenters. The van der Waals surface area contributed by atoms with Gasteiger partial charge in [-0.15, -0.1) is 0 Å². The van der Waals surface area contributed by atoms with Crippen LogP contribution >= 0.6 is 11.6 Å². The average molecular weight is 313 g/mol. The molecule has 0 aromatic heterocycles. The molecule has 0 radical (unpaired) electrons. The molecule has 1 saturated carbocycles. The van der Waals surface area contributed by atoms with Crippen LogP contribution in [-0.2, 0) is 4.79 Å².